The minimum absolute atomic E-state index is 0.0260. The number of hydrogen-bond acceptors (Lipinski definition) is 6. The highest BCUT2D eigenvalue weighted by atomic mass is 16.5. The van der Waals surface area contributed by atoms with Gasteiger partial charge >= 0.3 is 12.1 Å². The van der Waals surface area contributed by atoms with Gasteiger partial charge in [0, 0.05) is 0 Å². The summed E-state index contributed by atoms with van der Waals surface area (Å²) in [5, 5.41) is 13.8. The molecule has 2 aromatic carbocycles. The molecule has 148 valence electrons. The highest BCUT2D eigenvalue weighted by molar-refractivity contribution is 5.88. The molecule has 3 N–H and O–H groups in total. The molecule has 8 nitrogen and oxygen atoms in total. The molecular weight excluding hydrogens is 364 g/mol. The average Bonchev–Trinajstić information content (AvgIpc) is 2.74. The van der Waals surface area contributed by atoms with E-state index in [1.54, 1.807) is 36.4 Å². The van der Waals surface area contributed by atoms with E-state index in [1.165, 1.54) is 0 Å². The topological polar surface area (TPSA) is 114 Å². The van der Waals surface area contributed by atoms with Gasteiger partial charge in [-0.15, -0.1) is 0 Å². The summed E-state index contributed by atoms with van der Waals surface area (Å²) in [5.74, 6) is -1.36. The van der Waals surface area contributed by atoms with Crippen molar-refractivity contribution in [2.24, 2.45) is 0 Å². The molecule has 0 saturated carbocycles. The third kappa shape index (κ3) is 7.46. The number of aliphatic hydroxyl groups is 1. The molecule has 2 rings (SSSR count). The molecule has 8 heteroatoms. The van der Waals surface area contributed by atoms with Gasteiger partial charge in [-0.3, -0.25) is 9.59 Å². The Balaban J connectivity index is 1.69. The van der Waals surface area contributed by atoms with Crippen molar-refractivity contribution in [1.29, 1.82) is 0 Å². The Bertz CT molecular complexity index is 767. The van der Waals surface area contributed by atoms with Crippen molar-refractivity contribution in [3.05, 3.63) is 71.8 Å². The molecule has 0 aliphatic heterocycles. The standard InChI is InChI=1S/C20H22N2O6/c23-12-17(22-20(26)28-14-16-9-5-2-6-10-16)19(25)21-11-18(24)27-13-15-7-3-1-4-8-15/h1-10,17,23H,11-14H2,(H,21,25)(H,22,26)/t17-/m0/s1. The fraction of sp³-hybridized carbons (Fsp3) is 0.250. The number of carbonyl (C=O) groups is 3. The molecule has 2 amide bonds. The van der Waals surface area contributed by atoms with Gasteiger partial charge in [-0.05, 0) is 11.1 Å². The lowest BCUT2D eigenvalue weighted by Gasteiger charge is -2.16. The Morgan fingerprint density at radius 3 is 1.93 bits per heavy atom. The largest absolute Gasteiger partial charge is 0.460 e. The summed E-state index contributed by atoms with van der Waals surface area (Å²) in [6.07, 6.45) is -0.857. The van der Waals surface area contributed by atoms with E-state index < -0.39 is 30.6 Å². The monoisotopic (exact) mass is 386 g/mol. The summed E-state index contributed by atoms with van der Waals surface area (Å²) < 4.78 is 10.0. The lowest BCUT2D eigenvalue weighted by molar-refractivity contribution is -0.145. The number of aliphatic hydroxyl groups excluding tert-OH is 1. The van der Waals surface area contributed by atoms with Crippen LogP contribution in [0.15, 0.2) is 60.7 Å². The molecule has 0 bridgehead atoms. The van der Waals surface area contributed by atoms with Gasteiger partial charge in [0.25, 0.3) is 0 Å². The first-order valence-electron chi connectivity index (χ1n) is 8.64. The van der Waals surface area contributed by atoms with Crippen LogP contribution in [0.25, 0.3) is 0 Å². The number of esters is 1. The van der Waals surface area contributed by atoms with Crippen LogP contribution in [0, 0.1) is 0 Å². The molecule has 0 fully saturated rings. The zero-order valence-electron chi connectivity index (χ0n) is 15.2. The maximum absolute atomic E-state index is 12.0. The van der Waals surface area contributed by atoms with E-state index in [2.05, 4.69) is 10.6 Å². The van der Waals surface area contributed by atoms with Gasteiger partial charge in [0.1, 0.15) is 25.8 Å². The van der Waals surface area contributed by atoms with Crippen LogP contribution in [0.1, 0.15) is 11.1 Å². The summed E-state index contributed by atoms with van der Waals surface area (Å²) in [6, 6.07) is 16.9. The first kappa shape index (κ1) is 20.9. The van der Waals surface area contributed by atoms with Gasteiger partial charge in [-0.1, -0.05) is 60.7 Å². The highest BCUT2D eigenvalue weighted by Crippen LogP contribution is 2.01. The number of alkyl carbamates (subject to hydrolysis) is 1. The number of rotatable bonds is 9. The van der Waals surface area contributed by atoms with Gasteiger partial charge < -0.3 is 25.2 Å². The van der Waals surface area contributed by atoms with Crippen LogP contribution in [-0.4, -0.2) is 42.3 Å². The zero-order valence-corrected chi connectivity index (χ0v) is 15.2. The van der Waals surface area contributed by atoms with Crippen LogP contribution >= 0.6 is 0 Å². The van der Waals surface area contributed by atoms with E-state index in [0.717, 1.165) is 11.1 Å². The van der Waals surface area contributed by atoms with E-state index in [1.807, 2.05) is 24.3 Å². The lowest BCUT2D eigenvalue weighted by atomic mass is 10.2. The van der Waals surface area contributed by atoms with Crippen LogP contribution in [0.4, 0.5) is 4.79 Å². The Labute approximate surface area is 162 Å². The van der Waals surface area contributed by atoms with E-state index >= 15 is 0 Å². The molecule has 0 aromatic heterocycles. The van der Waals surface area contributed by atoms with Gasteiger partial charge in [0.05, 0.1) is 6.61 Å². The number of ether oxygens (including phenoxy) is 2. The molecule has 1 atom stereocenters. The molecule has 0 unspecified atom stereocenters. The number of benzene rings is 2. The van der Waals surface area contributed by atoms with Crippen molar-refractivity contribution in [2.75, 3.05) is 13.2 Å². The number of nitrogens with one attached hydrogen (secondary N) is 2. The Morgan fingerprint density at radius 2 is 1.39 bits per heavy atom. The van der Waals surface area contributed by atoms with Crippen LogP contribution in [-0.2, 0) is 32.3 Å². The predicted molar refractivity (Wildman–Crippen MR) is 99.9 cm³/mol. The second-order valence-corrected chi connectivity index (χ2v) is 5.81. The summed E-state index contributed by atoms with van der Waals surface area (Å²) in [7, 11) is 0. The Hall–Kier alpha value is -3.39. The van der Waals surface area contributed by atoms with E-state index in [9.17, 15) is 19.5 Å². The first-order valence-corrected chi connectivity index (χ1v) is 8.64. The molecule has 0 aliphatic carbocycles. The van der Waals surface area contributed by atoms with Crippen LogP contribution in [0.3, 0.4) is 0 Å². The number of hydrogen-bond donors (Lipinski definition) is 3. The average molecular weight is 386 g/mol. The van der Waals surface area contributed by atoms with Gasteiger partial charge in [-0.25, -0.2) is 4.79 Å². The van der Waals surface area contributed by atoms with Crippen molar-refractivity contribution in [3.8, 4) is 0 Å². The third-order valence-electron chi connectivity index (χ3n) is 3.65. The summed E-state index contributed by atoms with van der Waals surface area (Å²) in [4.78, 5) is 35.5. The minimum atomic E-state index is -1.25. The van der Waals surface area contributed by atoms with Crippen molar-refractivity contribution in [2.45, 2.75) is 19.3 Å². The minimum Gasteiger partial charge on any atom is -0.460 e. The maximum atomic E-state index is 12.0. The molecule has 2 aromatic rings. The highest BCUT2D eigenvalue weighted by Gasteiger charge is 2.21. The summed E-state index contributed by atoms with van der Waals surface area (Å²) in [6.45, 7) is -0.921. The molecule has 0 radical (unpaired) electrons. The van der Waals surface area contributed by atoms with Gasteiger partial charge in [0.15, 0.2) is 0 Å². The first-order chi connectivity index (χ1) is 13.6. The van der Waals surface area contributed by atoms with E-state index in [4.69, 9.17) is 9.47 Å². The van der Waals surface area contributed by atoms with E-state index in [-0.39, 0.29) is 19.8 Å². The molecule has 0 aliphatic rings. The second-order valence-electron chi connectivity index (χ2n) is 5.81. The number of amides is 2. The smallest absolute Gasteiger partial charge is 0.408 e. The summed E-state index contributed by atoms with van der Waals surface area (Å²) >= 11 is 0. The normalized spacial score (nSPS) is 11.2. The Kier molecular flexibility index (Phi) is 8.48. The fourth-order valence-corrected chi connectivity index (χ4v) is 2.17. The molecular formula is C20H22N2O6. The van der Waals surface area contributed by atoms with E-state index in [0.29, 0.717) is 0 Å². The van der Waals surface area contributed by atoms with Gasteiger partial charge in [-0.2, -0.15) is 0 Å². The van der Waals surface area contributed by atoms with Crippen molar-refractivity contribution in [3.63, 3.8) is 0 Å². The van der Waals surface area contributed by atoms with Crippen LogP contribution < -0.4 is 10.6 Å². The van der Waals surface area contributed by atoms with Crippen LogP contribution in [0.2, 0.25) is 0 Å². The maximum Gasteiger partial charge on any atom is 0.408 e. The van der Waals surface area contributed by atoms with Crippen molar-refractivity contribution >= 4 is 18.0 Å². The van der Waals surface area contributed by atoms with Crippen molar-refractivity contribution < 1.29 is 29.0 Å². The van der Waals surface area contributed by atoms with Crippen molar-refractivity contribution in [1.82, 2.24) is 10.6 Å². The van der Waals surface area contributed by atoms with Gasteiger partial charge in [0.2, 0.25) is 5.91 Å². The third-order valence-corrected chi connectivity index (χ3v) is 3.65. The molecule has 0 heterocycles. The SMILES string of the molecule is O=C(CNC(=O)[C@H](CO)NC(=O)OCc1ccccc1)OCc1ccccc1. The fourth-order valence-electron chi connectivity index (χ4n) is 2.17. The zero-order chi connectivity index (χ0) is 20.2. The Morgan fingerprint density at radius 1 is 0.857 bits per heavy atom. The molecule has 0 saturated heterocycles. The summed E-state index contributed by atoms with van der Waals surface area (Å²) in [5.41, 5.74) is 1.60. The molecule has 28 heavy (non-hydrogen) atoms. The number of carbonyl (C=O) groups excluding carboxylic acids is 3. The second kappa shape index (κ2) is 11.3. The quantitative estimate of drug-likeness (QED) is 0.557. The predicted octanol–water partition coefficient (Wildman–Crippen LogP) is 1.13. The lowest BCUT2D eigenvalue weighted by Crippen LogP contribution is -2.50. The molecule has 0 spiro atoms. The van der Waals surface area contributed by atoms with Crippen LogP contribution in [0.5, 0.6) is 0 Å².